The van der Waals surface area contributed by atoms with Crippen molar-refractivity contribution in [1.29, 1.82) is 0 Å². The molecule has 0 fully saturated rings. The summed E-state index contributed by atoms with van der Waals surface area (Å²) in [6, 6.07) is 0. The number of allylic oxidation sites excluding steroid dienone is 5. The van der Waals surface area contributed by atoms with Gasteiger partial charge in [-0.05, 0) is 31.8 Å². The minimum atomic E-state index is 0.0164. The number of unbranched alkanes of at least 4 members (excludes halogenated alkanes) is 1. The van der Waals surface area contributed by atoms with Crippen LogP contribution in [0.15, 0.2) is 36.5 Å². The Morgan fingerprint density at radius 3 is 2.59 bits per heavy atom. The Kier molecular flexibility index (Phi) is 10.3. The van der Waals surface area contributed by atoms with Crippen LogP contribution in [0, 0.1) is 5.92 Å². The summed E-state index contributed by atoms with van der Waals surface area (Å²) in [6.45, 7) is 7.02. The van der Waals surface area contributed by atoms with E-state index in [0.29, 0.717) is 5.92 Å². The molecule has 0 unspecified atom stereocenters. The Labute approximate surface area is 105 Å². The van der Waals surface area contributed by atoms with Crippen LogP contribution in [0.5, 0.6) is 0 Å². The number of hydrogen-bond donors (Lipinski definition) is 1. The first-order valence-electron chi connectivity index (χ1n) is 6.42. The molecule has 0 aromatic heterocycles. The van der Waals surface area contributed by atoms with Gasteiger partial charge in [-0.15, -0.1) is 0 Å². The molecule has 96 valence electrons. The van der Waals surface area contributed by atoms with Crippen LogP contribution in [-0.4, -0.2) is 12.5 Å². The largest absolute Gasteiger partial charge is 0.352 e. The lowest BCUT2D eigenvalue weighted by molar-refractivity contribution is -0.116. The first-order valence-corrected chi connectivity index (χ1v) is 6.42. The molecule has 0 spiro atoms. The van der Waals surface area contributed by atoms with Crippen LogP contribution in [0.1, 0.15) is 40.0 Å². The van der Waals surface area contributed by atoms with Crippen LogP contribution in [0.4, 0.5) is 0 Å². The number of carbonyl (C=O) groups is 1. The third-order valence-corrected chi connectivity index (χ3v) is 2.53. The third-order valence-electron chi connectivity index (χ3n) is 2.53. The normalized spacial score (nSPS) is 13.8. The zero-order chi connectivity index (χ0) is 12.9. The van der Waals surface area contributed by atoms with E-state index >= 15 is 0 Å². The Morgan fingerprint density at radius 2 is 1.94 bits per heavy atom. The first kappa shape index (κ1) is 15.7. The van der Waals surface area contributed by atoms with Gasteiger partial charge < -0.3 is 5.32 Å². The average Bonchev–Trinajstić information content (AvgIpc) is 2.34. The van der Waals surface area contributed by atoms with E-state index in [1.54, 1.807) is 6.08 Å². The van der Waals surface area contributed by atoms with Crippen LogP contribution >= 0.6 is 0 Å². The molecule has 0 saturated heterocycles. The molecule has 0 bridgehead atoms. The molecule has 1 amide bonds. The Morgan fingerprint density at radius 1 is 1.24 bits per heavy atom. The van der Waals surface area contributed by atoms with Gasteiger partial charge in [0.1, 0.15) is 0 Å². The summed E-state index contributed by atoms with van der Waals surface area (Å²) in [4.78, 5) is 11.4. The van der Waals surface area contributed by atoms with Gasteiger partial charge in [-0.3, -0.25) is 4.79 Å². The van der Waals surface area contributed by atoms with Gasteiger partial charge in [0.2, 0.25) is 5.91 Å². The van der Waals surface area contributed by atoms with Gasteiger partial charge in [0.25, 0.3) is 0 Å². The topological polar surface area (TPSA) is 29.1 Å². The van der Waals surface area contributed by atoms with Crippen molar-refractivity contribution in [3.05, 3.63) is 36.5 Å². The average molecular weight is 235 g/mol. The van der Waals surface area contributed by atoms with Gasteiger partial charge in [-0.25, -0.2) is 0 Å². The van der Waals surface area contributed by atoms with E-state index in [2.05, 4.69) is 25.2 Å². The molecular formula is C15H25NO. The smallest absolute Gasteiger partial charge is 0.243 e. The predicted octanol–water partition coefficient (Wildman–Crippen LogP) is 3.62. The minimum absolute atomic E-state index is 0.0164. The molecule has 0 aromatic rings. The van der Waals surface area contributed by atoms with E-state index in [4.69, 9.17) is 0 Å². The van der Waals surface area contributed by atoms with Gasteiger partial charge in [-0.2, -0.15) is 0 Å². The molecule has 2 heteroatoms. The van der Waals surface area contributed by atoms with E-state index in [1.807, 2.05) is 31.2 Å². The lowest BCUT2D eigenvalue weighted by Gasteiger charge is -2.07. The van der Waals surface area contributed by atoms with E-state index < -0.39 is 0 Å². The Bertz CT molecular complexity index is 277. The molecule has 17 heavy (non-hydrogen) atoms. The number of carbonyl (C=O) groups excluding carboxylic acids is 1. The minimum Gasteiger partial charge on any atom is -0.352 e. The number of amides is 1. The summed E-state index contributed by atoms with van der Waals surface area (Å²) in [5.74, 6) is 0.568. The summed E-state index contributed by atoms with van der Waals surface area (Å²) in [6.07, 6.45) is 14.7. The van der Waals surface area contributed by atoms with Crippen molar-refractivity contribution in [2.24, 2.45) is 5.92 Å². The molecule has 0 saturated carbocycles. The monoisotopic (exact) mass is 235 g/mol. The predicted molar refractivity (Wildman–Crippen MR) is 74.8 cm³/mol. The maximum Gasteiger partial charge on any atom is 0.243 e. The van der Waals surface area contributed by atoms with Crippen LogP contribution in [-0.2, 0) is 4.79 Å². The summed E-state index contributed by atoms with van der Waals surface area (Å²) < 4.78 is 0. The molecule has 1 atom stereocenters. The second-order valence-corrected chi connectivity index (χ2v) is 4.19. The molecule has 2 nitrogen and oxygen atoms in total. The van der Waals surface area contributed by atoms with Gasteiger partial charge in [0.05, 0.1) is 0 Å². The van der Waals surface area contributed by atoms with Crippen LogP contribution in [0.2, 0.25) is 0 Å². The van der Waals surface area contributed by atoms with E-state index in [0.717, 1.165) is 25.8 Å². The highest BCUT2D eigenvalue weighted by Crippen LogP contribution is 1.97. The quantitative estimate of drug-likeness (QED) is 0.388. The molecule has 1 N–H and O–H groups in total. The van der Waals surface area contributed by atoms with Gasteiger partial charge in [0.15, 0.2) is 0 Å². The van der Waals surface area contributed by atoms with Crippen molar-refractivity contribution in [2.45, 2.75) is 40.0 Å². The maximum absolute atomic E-state index is 11.4. The second-order valence-electron chi connectivity index (χ2n) is 4.19. The van der Waals surface area contributed by atoms with E-state index in [1.165, 1.54) is 0 Å². The Balaban J connectivity index is 3.60. The van der Waals surface area contributed by atoms with Crippen molar-refractivity contribution in [3.8, 4) is 0 Å². The molecule has 0 aromatic carbocycles. The highest BCUT2D eigenvalue weighted by molar-refractivity contribution is 5.87. The molecule has 0 aliphatic rings. The van der Waals surface area contributed by atoms with Gasteiger partial charge >= 0.3 is 0 Å². The van der Waals surface area contributed by atoms with Gasteiger partial charge in [-0.1, -0.05) is 50.6 Å². The highest BCUT2D eigenvalue weighted by Gasteiger charge is 1.99. The molecule has 0 aliphatic heterocycles. The Hall–Kier alpha value is -1.31. The SMILES string of the molecule is CC=CC=CCCC=CC(=O)NC[C@@H](C)CC. The van der Waals surface area contributed by atoms with Crippen LogP contribution in [0.3, 0.4) is 0 Å². The van der Waals surface area contributed by atoms with Gasteiger partial charge in [0, 0.05) is 6.54 Å². The first-order chi connectivity index (χ1) is 8.20. The third kappa shape index (κ3) is 11.0. The summed E-state index contributed by atoms with van der Waals surface area (Å²) in [5, 5.41) is 2.89. The van der Waals surface area contributed by atoms with E-state index in [-0.39, 0.29) is 5.91 Å². The standard InChI is InChI=1S/C15H25NO/c1-4-6-7-8-9-10-11-12-15(17)16-13-14(3)5-2/h4,6-8,11-12,14H,5,9-10,13H2,1-3H3,(H,16,17)/t14-/m0/s1. The molecule has 0 radical (unpaired) electrons. The molecular weight excluding hydrogens is 210 g/mol. The van der Waals surface area contributed by atoms with Crippen LogP contribution in [0.25, 0.3) is 0 Å². The molecule has 0 rings (SSSR count). The fraction of sp³-hybridized carbons (Fsp3) is 0.533. The number of nitrogens with one attached hydrogen (secondary N) is 1. The van der Waals surface area contributed by atoms with Crippen molar-refractivity contribution < 1.29 is 4.79 Å². The van der Waals surface area contributed by atoms with Crippen molar-refractivity contribution >= 4 is 5.91 Å². The highest BCUT2D eigenvalue weighted by atomic mass is 16.1. The van der Waals surface area contributed by atoms with Crippen molar-refractivity contribution in [2.75, 3.05) is 6.54 Å². The fourth-order valence-electron chi connectivity index (χ4n) is 1.15. The maximum atomic E-state index is 11.4. The lowest BCUT2D eigenvalue weighted by atomic mass is 10.1. The second kappa shape index (κ2) is 11.2. The number of hydrogen-bond acceptors (Lipinski definition) is 1. The fourth-order valence-corrected chi connectivity index (χ4v) is 1.15. The zero-order valence-electron chi connectivity index (χ0n) is 11.3. The number of rotatable bonds is 8. The summed E-state index contributed by atoms with van der Waals surface area (Å²) in [5.41, 5.74) is 0. The lowest BCUT2D eigenvalue weighted by Crippen LogP contribution is -2.26. The molecule has 0 aliphatic carbocycles. The van der Waals surface area contributed by atoms with Crippen molar-refractivity contribution in [1.82, 2.24) is 5.32 Å². The summed E-state index contributed by atoms with van der Waals surface area (Å²) >= 11 is 0. The van der Waals surface area contributed by atoms with Crippen molar-refractivity contribution in [3.63, 3.8) is 0 Å². The van der Waals surface area contributed by atoms with E-state index in [9.17, 15) is 4.79 Å². The molecule has 0 heterocycles. The van der Waals surface area contributed by atoms with Crippen LogP contribution < -0.4 is 5.32 Å². The zero-order valence-corrected chi connectivity index (χ0v) is 11.3. The summed E-state index contributed by atoms with van der Waals surface area (Å²) in [7, 11) is 0.